The maximum atomic E-state index is 12.8. The van der Waals surface area contributed by atoms with E-state index in [4.69, 9.17) is 0 Å². The maximum Gasteiger partial charge on any atom is 0.255 e. The molecule has 0 aliphatic carbocycles. The topological polar surface area (TPSA) is 87.5 Å². The SMILES string of the molecule is CN1CCN(S(=O)(=O)c2ccc(NC(=O)c3ccc(Cn4cccn4)cc3)cc2)CC1. The van der Waals surface area contributed by atoms with Gasteiger partial charge in [0.25, 0.3) is 5.91 Å². The van der Waals surface area contributed by atoms with Crippen molar-refractivity contribution in [2.75, 3.05) is 38.5 Å². The highest BCUT2D eigenvalue weighted by Gasteiger charge is 2.27. The molecule has 9 heteroatoms. The highest BCUT2D eigenvalue weighted by molar-refractivity contribution is 7.89. The first kappa shape index (κ1) is 21.2. The van der Waals surface area contributed by atoms with Crippen molar-refractivity contribution in [3.63, 3.8) is 0 Å². The first-order valence-electron chi connectivity index (χ1n) is 10.1. The van der Waals surface area contributed by atoms with Gasteiger partial charge in [-0.05, 0) is 55.1 Å². The van der Waals surface area contributed by atoms with Crippen molar-refractivity contribution in [2.24, 2.45) is 0 Å². The average Bonchev–Trinajstić information content (AvgIpc) is 3.28. The van der Waals surface area contributed by atoms with Gasteiger partial charge in [-0.1, -0.05) is 12.1 Å². The van der Waals surface area contributed by atoms with E-state index in [1.165, 1.54) is 16.4 Å². The summed E-state index contributed by atoms with van der Waals surface area (Å²) in [6.07, 6.45) is 3.61. The predicted octanol–water partition coefficient (Wildman–Crippen LogP) is 2.12. The van der Waals surface area contributed by atoms with Crippen LogP contribution in [-0.4, -0.2) is 66.5 Å². The lowest BCUT2D eigenvalue weighted by Crippen LogP contribution is -2.46. The fourth-order valence-corrected chi connectivity index (χ4v) is 4.86. The third-order valence-electron chi connectivity index (χ3n) is 5.33. The highest BCUT2D eigenvalue weighted by atomic mass is 32.2. The van der Waals surface area contributed by atoms with Gasteiger partial charge >= 0.3 is 0 Å². The first-order valence-corrected chi connectivity index (χ1v) is 11.5. The highest BCUT2D eigenvalue weighted by Crippen LogP contribution is 2.20. The molecule has 31 heavy (non-hydrogen) atoms. The molecule has 1 N–H and O–H groups in total. The van der Waals surface area contributed by atoms with Crippen molar-refractivity contribution in [3.05, 3.63) is 78.1 Å². The smallest absolute Gasteiger partial charge is 0.255 e. The number of likely N-dealkylation sites (N-methyl/N-ethyl adjacent to an activating group) is 1. The quantitative estimate of drug-likeness (QED) is 0.636. The lowest BCUT2D eigenvalue weighted by Gasteiger charge is -2.31. The molecule has 0 atom stereocenters. The Labute approximate surface area is 182 Å². The number of sulfonamides is 1. The van der Waals surface area contributed by atoms with Gasteiger partial charge in [-0.3, -0.25) is 9.48 Å². The molecule has 1 saturated heterocycles. The van der Waals surface area contributed by atoms with E-state index in [1.807, 2.05) is 36.1 Å². The van der Waals surface area contributed by atoms with Gasteiger partial charge in [0.1, 0.15) is 0 Å². The van der Waals surface area contributed by atoms with Crippen molar-refractivity contribution >= 4 is 21.6 Å². The molecule has 162 valence electrons. The molecule has 2 heterocycles. The number of aromatic nitrogens is 2. The van der Waals surface area contributed by atoms with Crippen LogP contribution in [0.2, 0.25) is 0 Å². The monoisotopic (exact) mass is 439 g/mol. The summed E-state index contributed by atoms with van der Waals surface area (Å²) in [7, 11) is -1.54. The van der Waals surface area contributed by atoms with E-state index in [0.29, 0.717) is 44.0 Å². The second kappa shape index (κ2) is 9.01. The minimum Gasteiger partial charge on any atom is -0.322 e. The molecule has 0 saturated carbocycles. The summed E-state index contributed by atoms with van der Waals surface area (Å²) in [5, 5.41) is 6.99. The van der Waals surface area contributed by atoms with Crippen molar-refractivity contribution in [1.29, 1.82) is 0 Å². The van der Waals surface area contributed by atoms with E-state index in [2.05, 4.69) is 15.3 Å². The number of anilines is 1. The molecule has 0 radical (unpaired) electrons. The van der Waals surface area contributed by atoms with Crippen molar-refractivity contribution < 1.29 is 13.2 Å². The largest absolute Gasteiger partial charge is 0.322 e. The number of benzene rings is 2. The number of hydrogen-bond donors (Lipinski definition) is 1. The number of nitrogens with zero attached hydrogens (tertiary/aromatic N) is 4. The molecule has 1 aliphatic rings. The number of amides is 1. The number of nitrogens with one attached hydrogen (secondary N) is 1. The van der Waals surface area contributed by atoms with Gasteiger partial charge in [0.05, 0.1) is 11.4 Å². The molecular formula is C22H25N5O3S. The van der Waals surface area contributed by atoms with Crippen LogP contribution in [0.1, 0.15) is 15.9 Å². The third-order valence-corrected chi connectivity index (χ3v) is 7.24. The second-order valence-corrected chi connectivity index (χ2v) is 9.52. The van der Waals surface area contributed by atoms with Crippen LogP contribution in [0.15, 0.2) is 71.9 Å². The summed E-state index contributed by atoms with van der Waals surface area (Å²) in [6.45, 7) is 3.03. The number of hydrogen-bond acceptors (Lipinski definition) is 5. The molecule has 0 spiro atoms. The van der Waals surface area contributed by atoms with Crippen molar-refractivity contribution in [2.45, 2.75) is 11.4 Å². The van der Waals surface area contributed by atoms with Gasteiger partial charge in [0.15, 0.2) is 0 Å². The van der Waals surface area contributed by atoms with Crippen molar-refractivity contribution in [1.82, 2.24) is 19.0 Å². The normalized spacial score (nSPS) is 15.6. The summed E-state index contributed by atoms with van der Waals surface area (Å²) >= 11 is 0. The lowest BCUT2D eigenvalue weighted by atomic mass is 10.1. The van der Waals surface area contributed by atoms with Gasteiger partial charge in [0.2, 0.25) is 10.0 Å². The molecule has 0 unspecified atom stereocenters. The Hall–Kier alpha value is -3.01. The maximum absolute atomic E-state index is 12.8. The molecule has 3 aromatic rings. The first-order chi connectivity index (χ1) is 14.9. The van der Waals surface area contributed by atoms with Gasteiger partial charge in [-0.25, -0.2) is 8.42 Å². The van der Waals surface area contributed by atoms with Crippen LogP contribution in [0.3, 0.4) is 0 Å². The van der Waals surface area contributed by atoms with Gasteiger partial charge in [0, 0.05) is 49.8 Å². The minimum absolute atomic E-state index is 0.234. The average molecular weight is 440 g/mol. The zero-order valence-electron chi connectivity index (χ0n) is 17.3. The van der Waals surface area contributed by atoms with E-state index >= 15 is 0 Å². The summed E-state index contributed by atoms with van der Waals surface area (Å²) in [6, 6.07) is 15.5. The number of piperazine rings is 1. The standard InChI is InChI=1S/C22H25N5O3S/c1-25-13-15-27(16-14-25)31(29,30)21-9-7-20(8-10-21)24-22(28)19-5-3-18(4-6-19)17-26-12-2-11-23-26/h2-12H,13-17H2,1H3,(H,24,28). The Balaban J connectivity index is 1.39. The molecule has 0 bridgehead atoms. The van der Waals surface area contributed by atoms with Crippen LogP contribution in [-0.2, 0) is 16.6 Å². The summed E-state index contributed by atoms with van der Waals surface area (Å²) in [5.74, 6) is -0.250. The Bertz CT molecular complexity index is 1120. The Morgan fingerprint density at radius 3 is 2.29 bits per heavy atom. The predicted molar refractivity (Wildman–Crippen MR) is 118 cm³/mol. The Kier molecular flexibility index (Phi) is 6.17. The van der Waals surface area contributed by atoms with Crippen LogP contribution in [0.5, 0.6) is 0 Å². The molecule has 8 nitrogen and oxygen atoms in total. The molecule has 4 rings (SSSR count). The molecule has 1 amide bonds. The lowest BCUT2D eigenvalue weighted by molar-refractivity contribution is 0.102. The van der Waals surface area contributed by atoms with Crippen LogP contribution in [0.4, 0.5) is 5.69 Å². The zero-order chi connectivity index (χ0) is 21.8. The molecular weight excluding hydrogens is 414 g/mol. The van der Waals surface area contributed by atoms with Crippen LogP contribution >= 0.6 is 0 Å². The Morgan fingerprint density at radius 1 is 1.00 bits per heavy atom. The summed E-state index contributed by atoms with van der Waals surface area (Å²) in [5.41, 5.74) is 2.11. The summed E-state index contributed by atoms with van der Waals surface area (Å²) in [4.78, 5) is 14.9. The van der Waals surface area contributed by atoms with E-state index in [9.17, 15) is 13.2 Å². The van der Waals surface area contributed by atoms with Crippen LogP contribution in [0, 0.1) is 0 Å². The van der Waals surface area contributed by atoms with E-state index in [-0.39, 0.29) is 10.8 Å². The van der Waals surface area contributed by atoms with Gasteiger partial charge in [-0.2, -0.15) is 9.40 Å². The minimum atomic E-state index is -3.52. The molecule has 1 aromatic heterocycles. The van der Waals surface area contributed by atoms with E-state index in [1.54, 1.807) is 30.5 Å². The fraction of sp³-hybridized carbons (Fsp3) is 0.273. The van der Waals surface area contributed by atoms with E-state index < -0.39 is 10.0 Å². The molecule has 1 fully saturated rings. The second-order valence-electron chi connectivity index (χ2n) is 7.59. The zero-order valence-corrected chi connectivity index (χ0v) is 18.1. The number of rotatable bonds is 6. The summed E-state index contributed by atoms with van der Waals surface area (Å²) < 4.78 is 28.9. The molecule has 1 aliphatic heterocycles. The fourth-order valence-electron chi connectivity index (χ4n) is 3.43. The van der Waals surface area contributed by atoms with Crippen LogP contribution < -0.4 is 5.32 Å². The van der Waals surface area contributed by atoms with E-state index in [0.717, 1.165) is 5.56 Å². The third kappa shape index (κ3) is 5.01. The number of carbonyl (C=O) groups excluding carboxylic acids is 1. The van der Waals surface area contributed by atoms with Crippen LogP contribution in [0.25, 0.3) is 0 Å². The molecule has 2 aromatic carbocycles. The van der Waals surface area contributed by atoms with Gasteiger partial charge < -0.3 is 10.2 Å². The van der Waals surface area contributed by atoms with Gasteiger partial charge in [-0.15, -0.1) is 0 Å². The number of carbonyl (C=O) groups is 1. The Morgan fingerprint density at radius 2 is 1.68 bits per heavy atom. The van der Waals surface area contributed by atoms with Crippen molar-refractivity contribution in [3.8, 4) is 0 Å².